The maximum atomic E-state index is 3.54. The molecule has 0 saturated heterocycles. The molecule has 108 valence electrons. The summed E-state index contributed by atoms with van der Waals surface area (Å²) in [7, 11) is 0. The van der Waals surface area contributed by atoms with Gasteiger partial charge in [0.15, 0.2) is 0 Å². The number of hydrogen-bond acceptors (Lipinski definition) is 0. The lowest BCUT2D eigenvalue weighted by Gasteiger charge is -2.34. The third kappa shape index (κ3) is 1.08. The zero-order chi connectivity index (χ0) is 15.4. The van der Waals surface area contributed by atoms with Crippen molar-refractivity contribution in [3.05, 3.63) is 88.2 Å². The van der Waals surface area contributed by atoms with E-state index in [-0.39, 0.29) is 0 Å². The number of benzene rings is 4. The van der Waals surface area contributed by atoms with Gasteiger partial charge in [-0.3, -0.25) is 0 Å². The highest BCUT2D eigenvalue weighted by Gasteiger charge is 2.34. The Balaban J connectivity index is 1.97. The number of hydrogen-bond donors (Lipinski definition) is 0. The maximum absolute atomic E-state index is 3.54. The molecule has 7 rings (SSSR count). The van der Waals surface area contributed by atoms with Crippen molar-refractivity contribution in [2.45, 2.75) is 5.92 Å². The van der Waals surface area contributed by atoms with Gasteiger partial charge in [-0.05, 0) is 66.7 Å². The van der Waals surface area contributed by atoms with E-state index in [0.717, 1.165) is 0 Å². The van der Waals surface area contributed by atoms with Crippen LogP contribution < -0.4 is 0 Å². The fourth-order valence-corrected chi connectivity index (χ4v) is 5.05. The molecule has 0 heteroatoms. The molecule has 3 aliphatic carbocycles. The van der Waals surface area contributed by atoms with E-state index in [4.69, 9.17) is 0 Å². The van der Waals surface area contributed by atoms with Gasteiger partial charge in [-0.1, -0.05) is 54.6 Å². The van der Waals surface area contributed by atoms with Crippen molar-refractivity contribution < 1.29 is 0 Å². The zero-order valence-corrected chi connectivity index (χ0v) is 12.9. The van der Waals surface area contributed by atoms with E-state index in [1.807, 2.05) is 0 Å². The Morgan fingerprint density at radius 2 is 1.17 bits per heavy atom. The van der Waals surface area contributed by atoms with Gasteiger partial charge in [0.2, 0.25) is 0 Å². The normalized spacial score (nSPS) is 18.5. The first kappa shape index (κ1) is 11.5. The van der Waals surface area contributed by atoms with Crippen molar-refractivity contribution in [3.63, 3.8) is 0 Å². The highest BCUT2D eigenvalue weighted by atomic mass is 14.4. The summed E-state index contributed by atoms with van der Waals surface area (Å²) < 4.78 is 0. The van der Waals surface area contributed by atoms with E-state index in [9.17, 15) is 0 Å². The molecular formula is C24H12. The summed E-state index contributed by atoms with van der Waals surface area (Å²) in [5, 5.41) is 8.42. The van der Waals surface area contributed by atoms with E-state index in [0.29, 0.717) is 5.92 Å². The molecule has 24 heavy (non-hydrogen) atoms. The first-order chi connectivity index (χ1) is 11.9. The Morgan fingerprint density at radius 3 is 1.92 bits per heavy atom. The predicted molar refractivity (Wildman–Crippen MR) is 101 cm³/mol. The highest BCUT2D eigenvalue weighted by Crippen LogP contribution is 2.53. The summed E-state index contributed by atoms with van der Waals surface area (Å²) in [6.07, 6.45) is 6.69. The zero-order valence-electron chi connectivity index (χ0n) is 12.9. The van der Waals surface area contributed by atoms with Gasteiger partial charge in [0.25, 0.3) is 0 Å². The van der Waals surface area contributed by atoms with E-state index in [2.05, 4.69) is 72.5 Å². The van der Waals surface area contributed by atoms with Crippen LogP contribution in [0.2, 0.25) is 0 Å². The first-order valence-electron chi connectivity index (χ1n) is 8.50. The minimum absolute atomic E-state index is 0.345. The third-order valence-electron chi connectivity index (χ3n) is 6.02. The second-order valence-corrected chi connectivity index (χ2v) is 7.07. The first-order valence-corrected chi connectivity index (χ1v) is 8.50. The molecule has 1 atom stereocenters. The Kier molecular flexibility index (Phi) is 1.69. The molecule has 0 aromatic heterocycles. The molecule has 0 amide bonds. The lowest BCUT2D eigenvalue weighted by molar-refractivity contribution is 0.979. The van der Waals surface area contributed by atoms with Gasteiger partial charge in [-0.15, -0.1) is 5.73 Å². The van der Waals surface area contributed by atoms with Crippen molar-refractivity contribution in [1.82, 2.24) is 0 Å². The van der Waals surface area contributed by atoms with Crippen LogP contribution in [0.3, 0.4) is 0 Å². The fourth-order valence-electron chi connectivity index (χ4n) is 5.05. The van der Waals surface area contributed by atoms with Gasteiger partial charge in [-0.2, -0.15) is 0 Å². The summed E-state index contributed by atoms with van der Waals surface area (Å²) in [5.74, 6) is 0.345. The Bertz CT molecular complexity index is 1370. The Morgan fingerprint density at radius 1 is 0.583 bits per heavy atom. The molecule has 0 nitrogen and oxygen atoms in total. The van der Waals surface area contributed by atoms with Crippen molar-refractivity contribution in [3.8, 4) is 0 Å². The highest BCUT2D eigenvalue weighted by molar-refractivity contribution is 6.25. The van der Waals surface area contributed by atoms with E-state index in [1.54, 1.807) is 0 Å². The molecular weight excluding hydrogens is 288 g/mol. The van der Waals surface area contributed by atoms with Gasteiger partial charge >= 0.3 is 0 Å². The molecule has 1 unspecified atom stereocenters. The second-order valence-electron chi connectivity index (χ2n) is 7.07. The SMILES string of the molecule is C1=Cc2ccc3ccc4ccc5ccc6c7c5c4c3c2C7C=1C=C6. The average molecular weight is 300 g/mol. The van der Waals surface area contributed by atoms with Gasteiger partial charge in [0.1, 0.15) is 0 Å². The standard InChI is InChI=1S/C24H12/c1-2-14-5-6-16-9-11-18-12-10-17-8-7-15-4-3-13(1)19-20(14)22(16)24(18)23(17)21(15)19/h1-11,24H. The summed E-state index contributed by atoms with van der Waals surface area (Å²) in [5.41, 5.74) is 10.5. The maximum Gasteiger partial charge on any atom is 0.0438 e. The van der Waals surface area contributed by atoms with E-state index < -0.39 is 0 Å². The largest absolute Gasteiger partial charge is 0.116 e. The van der Waals surface area contributed by atoms with Crippen LogP contribution in [0.4, 0.5) is 0 Å². The van der Waals surface area contributed by atoms with Crippen LogP contribution in [0, 0.1) is 0 Å². The number of allylic oxidation sites excluding steroid dienone is 2. The van der Waals surface area contributed by atoms with E-state index >= 15 is 0 Å². The predicted octanol–water partition coefficient (Wildman–Crippen LogP) is 6.17. The molecule has 0 bridgehead atoms. The average Bonchev–Trinajstić information content (AvgIpc) is 2.65. The molecule has 4 aromatic carbocycles. The minimum Gasteiger partial charge on any atom is -0.116 e. The summed E-state index contributed by atoms with van der Waals surface area (Å²) in [4.78, 5) is 0. The van der Waals surface area contributed by atoms with Crippen molar-refractivity contribution in [2.75, 3.05) is 0 Å². The van der Waals surface area contributed by atoms with Crippen molar-refractivity contribution >= 4 is 44.5 Å². The quantitative estimate of drug-likeness (QED) is 0.269. The Labute approximate surface area is 139 Å². The summed E-state index contributed by atoms with van der Waals surface area (Å²) >= 11 is 0. The van der Waals surface area contributed by atoms with Crippen LogP contribution in [0.5, 0.6) is 0 Å². The van der Waals surface area contributed by atoms with Gasteiger partial charge in [0.05, 0.1) is 0 Å². The van der Waals surface area contributed by atoms with E-state index in [1.165, 1.54) is 60.1 Å². The second kappa shape index (κ2) is 3.53. The Hall–Kier alpha value is -3.08. The van der Waals surface area contributed by atoms with Crippen LogP contribution in [0.1, 0.15) is 28.2 Å². The lowest BCUT2D eigenvalue weighted by atomic mass is 9.68. The minimum atomic E-state index is 0.345. The lowest BCUT2D eigenvalue weighted by Crippen LogP contribution is -2.15. The molecule has 0 spiro atoms. The summed E-state index contributed by atoms with van der Waals surface area (Å²) in [6.45, 7) is 0. The van der Waals surface area contributed by atoms with Crippen LogP contribution in [0.15, 0.2) is 65.9 Å². The van der Waals surface area contributed by atoms with Crippen LogP contribution >= 0.6 is 0 Å². The number of rotatable bonds is 0. The third-order valence-corrected chi connectivity index (χ3v) is 6.02. The van der Waals surface area contributed by atoms with Crippen LogP contribution in [-0.4, -0.2) is 0 Å². The van der Waals surface area contributed by atoms with Gasteiger partial charge < -0.3 is 0 Å². The molecule has 0 saturated carbocycles. The van der Waals surface area contributed by atoms with Crippen molar-refractivity contribution in [2.24, 2.45) is 0 Å². The van der Waals surface area contributed by atoms with Gasteiger partial charge in [0, 0.05) is 11.5 Å². The van der Waals surface area contributed by atoms with Crippen LogP contribution in [-0.2, 0) is 0 Å². The monoisotopic (exact) mass is 300 g/mol. The molecule has 0 heterocycles. The topological polar surface area (TPSA) is 0 Å². The molecule has 0 radical (unpaired) electrons. The fraction of sp³-hybridized carbons (Fsp3) is 0.0417. The summed E-state index contributed by atoms with van der Waals surface area (Å²) in [6, 6.07) is 18.2. The molecule has 0 fully saturated rings. The smallest absolute Gasteiger partial charge is 0.0438 e. The molecule has 4 aromatic rings. The molecule has 3 aliphatic rings. The molecule has 0 N–H and O–H groups in total. The van der Waals surface area contributed by atoms with Crippen molar-refractivity contribution in [1.29, 1.82) is 0 Å². The van der Waals surface area contributed by atoms with Crippen LogP contribution in [0.25, 0.3) is 44.5 Å². The van der Waals surface area contributed by atoms with Gasteiger partial charge in [-0.25, -0.2) is 0 Å². The molecule has 0 aliphatic heterocycles.